The summed E-state index contributed by atoms with van der Waals surface area (Å²) in [4.78, 5) is 12.6. The highest BCUT2D eigenvalue weighted by Gasteiger charge is 2.10. The summed E-state index contributed by atoms with van der Waals surface area (Å²) in [7, 11) is 0. The van der Waals surface area contributed by atoms with Gasteiger partial charge < -0.3 is 11.1 Å². The van der Waals surface area contributed by atoms with E-state index in [9.17, 15) is 4.79 Å². The molecular formula is C23H24N2O. The van der Waals surface area contributed by atoms with Crippen molar-refractivity contribution in [2.75, 3.05) is 11.1 Å². The molecule has 3 rings (SSSR count). The molecule has 0 aliphatic carbocycles. The summed E-state index contributed by atoms with van der Waals surface area (Å²) in [5.74, 6) is 0.438. The number of benzene rings is 3. The van der Waals surface area contributed by atoms with E-state index >= 15 is 0 Å². The van der Waals surface area contributed by atoms with Crippen molar-refractivity contribution in [2.24, 2.45) is 5.92 Å². The summed E-state index contributed by atoms with van der Waals surface area (Å²) >= 11 is 0. The van der Waals surface area contributed by atoms with Gasteiger partial charge in [0, 0.05) is 5.56 Å². The molecule has 0 atom stereocenters. The summed E-state index contributed by atoms with van der Waals surface area (Å²) in [6.07, 6.45) is 1.01. The van der Waals surface area contributed by atoms with E-state index in [1.807, 2.05) is 72.8 Å². The predicted molar refractivity (Wildman–Crippen MR) is 109 cm³/mol. The quantitative estimate of drug-likeness (QED) is 0.610. The van der Waals surface area contributed by atoms with E-state index in [0.717, 1.165) is 17.5 Å². The summed E-state index contributed by atoms with van der Waals surface area (Å²) in [5, 5.41) is 2.93. The molecule has 3 heteroatoms. The molecule has 0 aliphatic rings. The van der Waals surface area contributed by atoms with Gasteiger partial charge in [-0.2, -0.15) is 0 Å². The first kappa shape index (κ1) is 17.7. The van der Waals surface area contributed by atoms with E-state index in [0.29, 0.717) is 22.9 Å². The van der Waals surface area contributed by atoms with Crippen molar-refractivity contribution in [3.63, 3.8) is 0 Å². The highest BCUT2D eigenvalue weighted by molar-refractivity contribution is 6.06. The molecule has 0 unspecified atom stereocenters. The average Bonchev–Trinajstić information content (AvgIpc) is 2.64. The largest absolute Gasteiger partial charge is 0.397 e. The maximum atomic E-state index is 12.6. The number of nitrogens with two attached hydrogens (primary N) is 1. The first-order chi connectivity index (χ1) is 12.5. The molecule has 0 heterocycles. The fraction of sp³-hybridized carbons (Fsp3) is 0.174. The molecule has 0 saturated heterocycles. The smallest absolute Gasteiger partial charge is 0.255 e. The lowest BCUT2D eigenvalue weighted by Crippen LogP contribution is -2.13. The second-order valence-electron chi connectivity index (χ2n) is 6.92. The molecular weight excluding hydrogens is 320 g/mol. The molecule has 26 heavy (non-hydrogen) atoms. The maximum absolute atomic E-state index is 12.6. The van der Waals surface area contributed by atoms with Crippen molar-refractivity contribution >= 4 is 17.3 Å². The van der Waals surface area contributed by atoms with E-state index in [-0.39, 0.29) is 5.91 Å². The number of hydrogen-bond donors (Lipinski definition) is 2. The number of anilines is 2. The zero-order chi connectivity index (χ0) is 18.5. The SMILES string of the molecule is CC(C)Cc1ccc(C(=O)Nc2cc(-c3ccccc3)ccc2N)cc1. The Morgan fingerprint density at radius 3 is 2.27 bits per heavy atom. The van der Waals surface area contributed by atoms with E-state index < -0.39 is 0 Å². The molecule has 0 spiro atoms. The van der Waals surface area contributed by atoms with Crippen LogP contribution >= 0.6 is 0 Å². The number of amides is 1. The molecule has 3 nitrogen and oxygen atoms in total. The number of carbonyl (C=O) groups excluding carboxylic acids is 1. The predicted octanol–water partition coefficient (Wildman–Crippen LogP) is 5.39. The molecule has 132 valence electrons. The Morgan fingerprint density at radius 1 is 0.923 bits per heavy atom. The minimum atomic E-state index is -0.155. The van der Waals surface area contributed by atoms with E-state index in [1.54, 1.807) is 0 Å². The van der Waals surface area contributed by atoms with Gasteiger partial charge in [0.05, 0.1) is 11.4 Å². The van der Waals surface area contributed by atoms with Crippen LogP contribution in [-0.4, -0.2) is 5.91 Å². The number of hydrogen-bond acceptors (Lipinski definition) is 2. The third-order valence-electron chi connectivity index (χ3n) is 4.27. The summed E-state index contributed by atoms with van der Waals surface area (Å²) < 4.78 is 0. The third kappa shape index (κ3) is 4.31. The van der Waals surface area contributed by atoms with E-state index in [2.05, 4.69) is 19.2 Å². The molecule has 1 amide bonds. The van der Waals surface area contributed by atoms with Gasteiger partial charge in [0.15, 0.2) is 0 Å². The fourth-order valence-corrected chi connectivity index (χ4v) is 2.93. The summed E-state index contributed by atoms with van der Waals surface area (Å²) in [5.41, 5.74) is 11.2. The molecule has 0 aromatic heterocycles. The van der Waals surface area contributed by atoms with Crippen molar-refractivity contribution in [1.82, 2.24) is 0 Å². The van der Waals surface area contributed by atoms with Gasteiger partial charge >= 0.3 is 0 Å². The van der Waals surface area contributed by atoms with Crippen LogP contribution in [0.25, 0.3) is 11.1 Å². The zero-order valence-electron chi connectivity index (χ0n) is 15.2. The van der Waals surface area contributed by atoms with Crippen LogP contribution in [0.5, 0.6) is 0 Å². The highest BCUT2D eigenvalue weighted by Crippen LogP contribution is 2.27. The minimum absolute atomic E-state index is 0.155. The Kier molecular flexibility index (Phi) is 5.37. The van der Waals surface area contributed by atoms with Crippen molar-refractivity contribution in [2.45, 2.75) is 20.3 Å². The van der Waals surface area contributed by atoms with Crippen LogP contribution in [0.15, 0.2) is 72.8 Å². The Hall–Kier alpha value is -3.07. The molecule has 3 aromatic carbocycles. The second kappa shape index (κ2) is 7.87. The second-order valence-corrected chi connectivity index (χ2v) is 6.92. The van der Waals surface area contributed by atoms with Gasteiger partial charge in [-0.05, 0) is 53.3 Å². The van der Waals surface area contributed by atoms with Gasteiger partial charge in [-0.3, -0.25) is 4.79 Å². The molecule has 0 saturated carbocycles. The lowest BCUT2D eigenvalue weighted by molar-refractivity contribution is 0.102. The van der Waals surface area contributed by atoms with Crippen LogP contribution < -0.4 is 11.1 Å². The van der Waals surface area contributed by atoms with Crippen molar-refractivity contribution < 1.29 is 4.79 Å². The van der Waals surface area contributed by atoms with Crippen LogP contribution in [0.4, 0.5) is 11.4 Å². The van der Waals surface area contributed by atoms with Crippen LogP contribution in [0.1, 0.15) is 29.8 Å². The highest BCUT2D eigenvalue weighted by atomic mass is 16.1. The van der Waals surface area contributed by atoms with Gasteiger partial charge in [-0.25, -0.2) is 0 Å². The van der Waals surface area contributed by atoms with Crippen molar-refractivity contribution in [3.8, 4) is 11.1 Å². The van der Waals surface area contributed by atoms with Crippen LogP contribution in [0.2, 0.25) is 0 Å². The van der Waals surface area contributed by atoms with Gasteiger partial charge in [-0.15, -0.1) is 0 Å². The third-order valence-corrected chi connectivity index (χ3v) is 4.27. The van der Waals surface area contributed by atoms with Crippen LogP contribution in [0.3, 0.4) is 0 Å². The van der Waals surface area contributed by atoms with Gasteiger partial charge in [0.1, 0.15) is 0 Å². The van der Waals surface area contributed by atoms with Crippen LogP contribution in [-0.2, 0) is 6.42 Å². The molecule has 0 aliphatic heterocycles. The average molecular weight is 344 g/mol. The van der Waals surface area contributed by atoms with Gasteiger partial charge in [0.25, 0.3) is 5.91 Å². The summed E-state index contributed by atoms with van der Waals surface area (Å²) in [6.45, 7) is 4.37. The molecule has 0 bridgehead atoms. The van der Waals surface area contributed by atoms with E-state index in [1.165, 1.54) is 5.56 Å². The molecule has 0 fully saturated rings. The molecule has 0 radical (unpaired) electrons. The lowest BCUT2D eigenvalue weighted by Gasteiger charge is -2.11. The first-order valence-corrected chi connectivity index (χ1v) is 8.88. The zero-order valence-corrected chi connectivity index (χ0v) is 15.2. The molecule has 3 N–H and O–H groups in total. The van der Waals surface area contributed by atoms with Crippen molar-refractivity contribution in [3.05, 3.63) is 83.9 Å². The Balaban J connectivity index is 1.78. The fourth-order valence-electron chi connectivity index (χ4n) is 2.93. The van der Waals surface area contributed by atoms with Crippen molar-refractivity contribution in [1.29, 1.82) is 0 Å². The number of nitrogen functional groups attached to an aromatic ring is 1. The Labute approximate surface area is 154 Å². The van der Waals surface area contributed by atoms with Gasteiger partial charge in [0.2, 0.25) is 0 Å². The first-order valence-electron chi connectivity index (χ1n) is 8.88. The standard InChI is InChI=1S/C23H24N2O/c1-16(2)14-17-8-10-19(11-9-17)23(26)25-22-15-20(12-13-21(22)24)18-6-4-3-5-7-18/h3-13,15-16H,14,24H2,1-2H3,(H,25,26). The molecule has 3 aromatic rings. The normalized spacial score (nSPS) is 10.7. The summed E-state index contributed by atoms with van der Waals surface area (Å²) in [6, 6.07) is 23.5. The topological polar surface area (TPSA) is 55.1 Å². The number of nitrogens with one attached hydrogen (secondary N) is 1. The maximum Gasteiger partial charge on any atom is 0.255 e. The van der Waals surface area contributed by atoms with E-state index in [4.69, 9.17) is 5.73 Å². The lowest BCUT2D eigenvalue weighted by atomic mass is 10.0. The van der Waals surface area contributed by atoms with Crippen LogP contribution in [0, 0.1) is 5.92 Å². The number of rotatable bonds is 5. The Morgan fingerprint density at radius 2 is 1.62 bits per heavy atom. The van der Waals surface area contributed by atoms with Gasteiger partial charge in [-0.1, -0.05) is 62.4 Å². The minimum Gasteiger partial charge on any atom is -0.397 e. The number of carbonyl (C=O) groups is 1. The Bertz CT molecular complexity index is 884. The monoisotopic (exact) mass is 344 g/mol.